The molecule has 0 saturated carbocycles. The number of urea groups is 1. The van der Waals surface area contributed by atoms with Gasteiger partial charge in [-0.15, -0.1) is 0 Å². The van der Waals surface area contributed by atoms with Crippen LogP contribution < -0.4 is 20.9 Å². The monoisotopic (exact) mass is 325 g/mol. The van der Waals surface area contributed by atoms with E-state index in [0.717, 1.165) is 0 Å². The summed E-state index contributed by atoms with van der Waals surface area (Å²) in [4.78, 5) is 35.5. The molecular formula is C15H22FN4O3+. The topological polar surface area (TPSA) is 91.7 Å². The molecule has 126 valence electrons. The van der Waals surface area contributed by atoms with E-state index < -0.39 is 17.8 Å². The Morgan fingerprint density at radius 1 is 1.13 bits per heavy atom. The number of carbonyl (C=O) groups is 3. The van der Waals surface area contributed by atoms with Gasteiger partial charge in [-0.05, 0) is 26.0 Å². The lowest BCUT2D eigenvalue weighted by molar-refractivity contribution is -0.862. The van der Waals surface area contributed by atoms with Crippen LogP contribution in [0.5, 0.6) is 0 Å². The Labute approximate surface area is 134 Å². The number of rotatable bonds is 6. The van der Waals surface area contributed by atoms with E-state index in [1.807, 2.05) is 13.8 Å². The second-order valence-corrected chi connectivity index (χ2v) is 5.52. The number of hydrogen-bond donors (Lipinski definition) is 4. The molecule has 0 spiro atoms. The van der Waals surface area contributed by atoms with Gasteiger partial charge >= 0.3 is 6.03 Å². The van der Waals surface area contributed by atoms with Gasteiger partial charge in [0.05, 0.1) is 12.7 Å². The van der Waals surface area contributed by atoms with Crippen LogP contribution in [0.4, 0.5) is 14.9 Å². The number of para-hydroxylation sites is 1. The van der Waals surface area contributed by atoms with Crippen LogP contribution in [-0.2, 0) is 9.59 Å². The molecule has 8 heteroatoms. The minimum Gasteiger partial charge on any atom is -0.349 e. The number of benzene rings is 1. The average Bonchev–Trinajstić information content (AvgIpc) is 2.39. The molecule has 7 nitrogen and oxygen atoms in total. The van der Waals surface area contributed by atoms with Gasteiger partial charge in [0.2, 0.25) is 0 Å². The van der Waals surface area contributed by atoms with Crippen molar-refractivity contribution in [1.29, 1.82) is 0 Å². The summed E-state index contributed by atoms with van der Waals surface area (Å²) in [6, 6.07) is 4.83. The number of amides is 4. The summed E-state index contributed by atoms with van der Waals surface area (Å²) < 4.78 is 13.4. The Kier molecular flexibility index (Phi) is 7.14. The van der Waals surface area contributed by atoms with Gasteiger partial charge in [-0.2, -0.15) is 0 Å². The van der Waals surface area contributed by atoms with E-state index in [4.69, 9.17) is 0 Å². The summed E-state index contributed by atoms with van der Waals surface area (Å²) in [6.07, 6.45) is 0. The second kappa shape index (κ2) is 8.84. The lowest BCUT2D eigenvalue weighted by Gasteiger charge is -2.14. The van der Waals surface area contributed by atoms with Crippen LogP contribution in [-0.4, -0.2) is 44.0 Å². The third-order valence-electron chi connectivity index (χ3n) is 2.75. The van der Waals surface area contributed by atoms with Gasteiger partial charge in [-0.3, -0.25) is 14.9 Å². The van der Waals surface area contributed by atoms with Gasteiger partial charge in [0, 0.05) is 6.04 Å². The molecule has 0 saturated heterocycles. The summed E-state index contributed by atoms with van der Waals surface area (Å²) in [5, 5.41) is 7.05. The van der Waals surface area contributed by atoms with Crippen molar-refractivity contribution in [3.63, 3.8) is 0 Å². The van der Waals surface area contributed by atoms with Crippen LogP contribution in [0.25, 0.3) is 0 Å². The molecule has 0 aliphatic rings. The van der Waals surface area contributed by atoms with Crippen molar-refractivity contribution in [2.75, 3.05) is 25.5 Å². The first-order valence-corrected chi connectivity index (χ1v) is 7.24. The van der Waals surface area contributed by atoms with E-state index in [1.54, 1.807) is 13.1 Å². The number of hydrogen-bond acceptors (Lipinski definition) is 3. The van der Waals surface area contributed by atoms with E-state index >= 15 is 0 Å². The molecule has 0 aliphatic heterocycles. The van der Waals surface area contributed by atoms with Gasteiger partial charge in [-0.1, -0.05) is 12.1 Å². The number of carbonyl (C=O) groups excluding carboxylic acids is 3. The normalized spacial score (nSPS) is 11.7. The van der Waals surface area contributed by atoms with Crippen molar-refractivity contribution in [3.8, 4) is 0 Å². The first-order chi connectivity index (χ1) is 10.8. The van der Waals surface area contributed by atoms with Crippen molar-refractivity contribution in [2.24, 2.45) is 0 Å². The predicted molar refractivity (Wildman–Crippen MR) is 83.5 cm³/mol. The highest BCUT2D eigenvalue weighted by molar-refractivity contribution is 6.01. The maximum absolute atomic E-state index is 13.4. The van der Waals surface area contributed by atoms with Crippen molar-refractivity contribution in [1.82, 2.24) is 10.6 Å². The first kappa shape index (κ1) is 18.6. The van der Waals surface area contributed by atoms with Crippen LogP contribution in [0.3, 0.4) is 0 Å². The van der Waals surface area contributed by atoms with Gasteiger partial charge in [0.25, 0.3) is 11.8 Å². The Morgan fingerprint density at radius 2 is 1.74 bits per heavy atom. The molecule has 1 unspecified atom stereocenters. The molecule has 0 heterocycles. The Balaban J connectivity index is 2.39. The standard InChI is InChI=1S/C15H21FN4O3/c1-10(2)17-13(21)8-20(3)9-14(22)19-15(23)18-12-7-5-4-6-11(12)16/h4-7,10H,8-9H2,1-3H3,(H,17,21)(H2,18,19,22,23)/p+1. The fourth-order valence-corrected chi connectivity index (χ4v) is 1.87. The maximum Gasteiger partial charge on any atom is 0.326 e. The van der Waals surface area contributed by atoms with Crippen molar-refractivity contribution >= 4 is 23.5 Å². The average molecular weight is 325 g/mol. The zero-order chi connectivity index (χ0) is 17.4. The lowest BCUT2D eigenvalue weighted by Crippen LogP contribution is -3.11. The van der Waals surface area contributed by atoms with E-state index in [0.29, 0.717) is 4.90 Å². The number of likely N-dealkylation sites (N-methyl/N-ethyl adjacent to an activating group) is 1. The predicted octanol–water partition coefficient (Wildman–Crippen LogP) is -0.487. The van der Waals surface area contributed by atoms with Crippen LogP contribution >= 0.6 is 0 Å². The number of imide groups is 1. The molecule has 0 aliphatic carbocycles. The zero-order valence-corrected chi connectivity index (χ0v) is 13.4. The highest BCUT2D eigenvalue weighted by Gasteiger charge is 2.17. The molecule has 23 heavy (non-hydrogen) atoms. The first-order valence-electron chi connectivity index (χ1n) is 7.24. The molecule has 4 N–H and O–H groups in total. The second-order valence-electron chi connectivity index (χ2n) is 5.52. The summed E-state index contributed by atoms with van der Waals surface area (Å²) >= 11 is 0. The molecule has 4 amide bonds. The molecular weight excluding hydrogens is 303 g/mol. The van der Waals surface area contributed by atoms with Crippen molar-refractivity contribution in [2.45, 2.75) is 19.9 Å². The van der Waals surface area contributed by atoms with E-state index in [1.165, 1.54) is 18.2 Å². The summed E-state index contributed by atoms with van der Waals surface area (Å²) in [5.74, 6) is -1.34. The van der Waals surface area contributed by atoms with Crippen LogP contribution in [0.15, 0.2) is 24.3 Å². The molecule has 0 aromatic heterocycles. The van der Waals surface area contributed by atoms with Gasteiger partial charge < -0.3 is 15.5 Å². The van der Waals surface area contributed by atoms with Crippen LogP contribution in [0, 0.1) is 5.82 Å². The SMILES string of the molecule is CC(C)NC(=O)C[NH+](C)CC(=O)NC(=O)Nc1ccccc1F. The summed E-state index contributed by atoms with van der Waals surface area (Å²) in [5.41, 5.74) is -0.0187. The van der Waals surface area contributed by atoms with Gasteiger partial charge in [0.15, 0.2) is 13.1 Å². The molecule has 0 radical (unpaired) electrons. The Hall–Kier alpha value is -2.48. The van der Waals surface area contributed by atoms with E-state index in [9.17, 15) is 18.8 Å². The fourth-order valence-electron chi connectivity index (χ4n) is 1.87. The summed E-state index contributed by atoms with van der Waals surface area (Å²) in [6.45, 7) is 3.73. The van der Waals surface area contributed by atoms with Crippen molar-refractivity contribution in [3.05, 3.63) is 30.1 Å². The third-order valence-corrected chi connectivity index (χ3v) is 2.75. The van der Waals surface area contributed by atoms with Crippen LogP contribution in [0.1, 0.15) is 13.8 Å². The number of nitrogens with one attached hydrogen (secondary N) is 4. The Morgan fingerprint density at radius 3 is 2.35 bits per heavy atom. The fraction of sp³-hybridized carbons (Fsp3) is 0.400. The molecule has 0 bridgehead atoms. The number of anilines is 1. The molecule has 1 atom stereocenters. The molecule has 1 rings (SSSR count). The molecule has 0 fully saturated rings. The summed E-state index contributed by atoms with van der Waals surface area (Å²) in [7, 11) is 1.66. The third kappa shape index (κ3) is 7.37. The highest BCUT2D eigenvalue weighted by Crippen LogP contribution is 2.11. The van der Waals surface area contributed by atoms with E-state index in [2.05, 4.69) is 16.0 Å². The van der Waals surface area contributed by atoms with Gasteiger partial charge in [0.1, 0.15) is 5.82 Å². The molecule has 1 aromatic rings. The number of quaternary nitrogens is 1. The van der Waals surface area contributed by atoms with Crippen LogP contribution in [0.2, 0.25) is 0 Å². The lowest BCUT2D eigenvalue weighted by atomic mass is 10.3. The highest BCUT2D eigenvalue weighted by atomic mass is 19.1. The molecule has 1 aromatic carbocycles. The van der Waals surface area contributed by atoms with Gasteiger partial charge in [-0.25, -0.2) is 9.18 Å². The zero-order valence-electron chi connectivity index (χ0n) is 13.4. The van der Waals surface area contributed by atoms with E-state index in [-0.39, 0.29) is 30.7 Å². The number of halogens is 1. The largest absolute Gasteiger partial charge is 0.349 e. The maximum atomic E-state index is 13.4. The Bertz CT molecular complexity index is 578. The minimum atomic E-state index is -0.820. The minimum absolute atomic E-state index is 0.0187. The smallest absolute Gasteiger partial charge is 0.326 e. The quantitative estimate of drug-likeness (QED) is 0.569. The van der Waals surface area contributed by atoms with Crippen molar-refractivity contribution < 1.29 is 23.7 Å².